The molecule has 0 aromatic rings. The molecule has 0 saturated heterocycles. The Bertz CT molecular complexity index is 358. The lowest BCUT2D eigenvalue weighted by Gasteiger charge is -2.18. The summed E-state index contributed by atoms with van der Waals surface area (Å²) in [5, 5.41) is 6.35. The fraction of sp³-hybridized carbons (Fsp3) is 0.778. The van der Waals surface area contributed by atoms with Gasteiger partial charge in [0.2, 0.25) is 0 Å². The van der Waals surface area contributed by atoms with Gasteiger partial charge in [-0.25, -0.2) is 0 Å². The maximum Gasteiger partial charge on any atom is 0.322 e. The van der Waals surface area contributed by atoms with Crippen molar-refractivity contribution in [2.24, 2.45) is 11.8 Å². The molecular weight excluding hydrogens is 308 g/mol. The normalized spacial score (nSPS) is 14.2. The first-order valence-corrected chi connectivity index (χ1v) is 8.59. The van der Waals surface area contributed by atoms with Crippen molar-refractivity contribution in [3.63, 3.8) is 0 Å². The minimum Gasteiger partial charge on any atom is -0.468 e. The fourth-order valence-corrected chi connectivity index (χ4v) is 2.34. The summed E-state index contributed by atoms with van der Waals surface area (Å²) in [5.74, 6) is 0.337. The van der Waals surface area contributed by atoms with Gasteiger partial charge in [-0.05, 0) is 24.7 Å². The molecule has 0 saturated carbocycles. The van der Waals surface area contributed by atoms with E-state index in [1.807, 2.05) is 12.2 Å². The second-order valence-corrected chi connectivity index (χ2v) is 6.70. The van der Waals surface area contributed by atoms with Crippen LogP contribution in [-0.4, -0.2) is 51.3 Å². The lowest BCUT2D eigenvalue weighted by molar-refractivity contribution is -0.144. The Labute approximate surface area is 146 Å². The quantitative estimate of drug-likeness (QED) is 0.417. The summed E-state index contributed by atoms with van der Waals surface area (Å²) in [5.41, 5.74) is 0. The summed E-state index contributed by atoms with van der Waals surface area (Å²) in [6.07, 6.45) is 5.34. The van der Waals surface area contributed by atoms with Gasteiger partial charge < -0.3 is 20.1 Å². The van der Waals surface area contributed by atoms with Crippen LogP contribution in [0.25, 0.3) is 0 Å². The Morgan fingerprint density at radius 3 is 1.38 bits per heavy atom. The van der Waals surface area contributed by atoms with E-state index < -0.39 is 0 Å². The van der Waals surface area contributed by atoms with Gasteiger partial charge in [-0.1, -0.05) is 39.8 Å². The average Bonchev–Trinajstić information content (AvgIpc) is 2.53. The van der Waals surface area contributed by atoms with Crippen LogP contribution >= 0.6 is 0 Å². The van der Waals surface area contributed by atoms with Crippen LogP contribution in [0.4, 0.5) is 0 Å². The van der Waals surface area contributed by atoms with Crippen molar-refractivity contribution in [3.8, 4) is 0 Å². The van der Waals surface area contributed by atoms with Crippen LogP contribution in [0, 0.1) is 11.8 Å². The molecule has 140 valence electrons. The Balaban J connectivity index is 4.25. The van der Waals surface area contributed by atoms with Gasteiger partial charge in [0.25, 0.3) is 0 Å². The largest absolute Gasteiger partial charge is 0.468 e. The van der Waals surface area contributed by atoms with Crippen LogP contribution < -0.4 is 10.6 Å². The summed E-state index contributed by atoms with van der Waals surface area (Å²) in [6, 6.07) is -0.590. The van der Waals surface area contributed by atoms with Crippen LogP contribution in [0.3, 0.4) is 0 Å². The van der Waals surface area contributed by atoms with Crippen LogP contribution in [-0.2, 0) is 19.1 Å². The first-order chi connectivity index (χ1) is 11.3. The Hall–Kier alpha value is -1.40. The maximum absolute atomic E-state index is 11.7. The number of rotatable bonds is 12. The van der Waals surface area contributed by atoms with Crippen molar-refractivity contribution in [2.75, 3.05) is 27.3 Å². The summed E-state index contributed by atoms with van der Waals surface area (Å²) in [7, 11) is 2.80. The molecule has 6 nitrogen and oxygen atoms in total. The number of methoxy groups -OCH3 is 2. The van der Waals surface area contributed by atoms with Gasteiger partial charge in [-0.15, -0.1) is 0 Å². The van der Waals surface area contributed by atoms with E-state index in [1.54, 1.807) is 0 Å². The molecule has 0 fully saturated rings. The summed E-state index contributed by atoms with van der Waals surface area (Å²) < 4.78 is 9.62. The first kappa shape index (κ1) is 22.6. The van der Waals surface area contributed by atoms with Gasteiger partial charge in [0.05, 0.1) is 14.2 Å². The highest BCUT2D eigenvalue weighted by Crippen LogP contribution is 2.07. The maximum atomic E-state index is 11.7. The summed E-state index contributed by atoms with van der Waals surface area (Å²) in [6.45, 7) is 9.42. The SMILES string of the molecule is COC(=O)[C@H](CC(C)C)NCC=CCN[C@@H](CC(C)C)C(=O)OC. The van der Waals surface area contributed by atoms with Crippen molar-refractivity contribution in [1.29, 1.82) is 0 Å². The highest BCUT2D eigenvalue weighted by atomic mass is 16.5. The average molecular weight is 342 g/mol. The molecule has 24 heavy (non-hydrogen) atoms. The zero-order chi connectivity index (χ0) is 18.5. The molecule has 0 rings (SSSR count). The molecule has 0 aliphatic carbocycles. The van der Waals surface area contributed by atoms with Crippen molar-refractivity contribution in [3.05, 3.63) is 12.2 Å². The molecule has 0 aliphatic heterocycles. The Kier molecular flexibility index (Phi) is 12.2. The van der Waals surface area contributed by atoms with E-state index in [4.69, 9.17) is 9.47 Å². The van der Waals surface area contributed by atoms with E-state index in [2.05, 4.69) is 38.3 Å². The second-order valence-electron chi connectivity index (χ2n) is 6.70. The zero-order valence-corrected chi connectivity index (χ0v) is 15.9. The third-order valence-corrected chi connectivity index (χ3v) is 3.52. The van der Waals surface area contributed by atoms with Crippen molar-refractivity contribution in [2.45, 2.75) is 52.6 Å². The van der Waals surface area contributed by atoms with Crippen molar-refractivity contribution in [1.82, 2.24) is 10.6 Å². The number of hydrogen-bond acceptors (Lipinski definition) is 6. The van der Waals surface area contributed by atoms with Crippen molar-refractivity contribution >= 4 is 11.9 Å². The molecule has 2 atom stereocenters. The highest BCUT2D eigenvalue weighted by Gasteiger charge is 2.20. The predicted octanol–water partition coefficient (Wildman–Crippen LogP) is 1.90. The van der Waals surface area contributed by atoms with E-state index in [-0.39, 0.29) is 24.0 Å². The molecule has 0 unspecified atom stereocenters. The number of hydrogen-bond donors (Lipinski definition) is 2. The molecular formula is C18H34N2O4. The topological polar surface area (TPSA) is 76.7 Å². The highest BCUT2D eigenvalue weighted by molar-refractivity contribution is 5.76. The van der Waals surface area contributed by atoms with E-state index in [9.17, 15) is 9.59 Å². The minimum atomic E-state index is -0.295. The smallest absolute Gasteiger partial charge is 0.322 e. The number of carbonyl (C=O) groups excluding carboxylic acids is 2. The van der Waals surface area contributed by atoms with E-state index in [0.717, 1.165) is 12.8 Å². The van der Waals surface area contributed by atoms with Gasteiger partial charge >= 0.3 is 11.9 Å². The van der Waals surface area contributed by atoms with E-state index in [1.165, 1.54) is 14.2 Å². The summed E-state index contributed by atoms with van der Waals surface area (Å²) in [4.78, 5) is 23.4. The third kappa shape index (κ3) is 10.4. The van der Waals surface area contributed by atoms with Crippen molar-refractivity contribution < 1.29 is 19.1 Å². The number of ether oxygens (including phenoxy) is 2. The monoisotopic (exact) mass is 342 g/mol. The first-order valence-electron chi connectivity index (χ1n) is 8.59. The predicted molar refractivity (Wildman–Crippen MR) is 95.7 cm³/mol. The van der Waals surface area contributed by atoms with Gasteiger partial charge in [-0.2, -0.15) is 0 Å². The van der Waals surface area contributed by atoms with Gasteiger partial charge in [0.1, 0.15) is 12.1 Å². The molecule has 0 radical (unpaired) electrons. The number of carbonyl (C=O) groups is 2. The number of nitrogens with one attached hydrogen (secondary N) is 2. The van der Waals surface area contributed by atoms with Crippen LogP contribution in [0.15, 0.2) is 12.2 Å². The van der Waals surface area contributed by atoms with Crippen LogP contribution in [0.1, 0.15) is 40.5 Å². The number of esters is 2. The standard InChI is InChI=1S/C18H34N2O4/c1-13(2)11-15(17(21)23-5)19-9-7-8-10-20-16(12-14(3)4)18(22)24-6/h7-8,13-16,19-20H,9-12H2,1-6H3/t15-,16-/m0/s1. The lowest BCUT2D eigenvalue weighted by Crippen LogP contribution is -2.39. The molecule has 0 amide bonds. The third-order valence-electron chi connectivity index (χ3n) is 3.52. The lowest BCUT2D eigenvalue weighted by atomic mass is 10.0. The zero-order valence-electron chi connectivity index (χ0n) is 15.9. The molecule has 0 spiro atoms. The van der Waals surface area contributed by atoms with Crippen LogP contribution in [0.5, 0.6) is 0 Å². The fourth-order valence-electron chi connectivity index (χ4n) is 2.34. The van der Waals surface area contributed by atoms with Crippen LogP contribution in [0.2, 0.25) is 0 Å². The Morgan fingerprint density at radius 1 is 0.792 bits per heavy atom. The Morgan fingerprint density at radius 2 is 1.12 bits per heavy atom. The molecule has 0 bridgehead atoms. The molecule has 0 aromatic heterocycles. The minimum absolute atomic E-state index is 0.238. The van der Waals surface area contributed by atoms with Gasteiger partial charge in [0, 0.05) is 13.1 Å². The summed E-state index contributed by atoms with van der Waals surface area (Å²) >= 11 is 0. The van der Waals surface area contributed by atoms with E-state index >= 15 is 0 Å². The molecule has 6 heteroatoms. The molecule has 0 aromatic carbocycles. The molecule has 0 heterocycles. The second kappa shape index (κ2) is 13.0. The van der Waals surface area contributed by atoms with Gasteiger partial charge in [-0.3, -0.25) is 9.59 Å². The molecule has 2 N–H and O–H groups in total. The molecule has 0 aliphatic rings. The van der Waals surface area contributed by atoms with E-state index in [0.29, 0.717) is 24.9 Å². The van der Waals surface area contributed by atoms with Gasteiger partial charge in [0.15, 0.2) is 0 Å².